The molecule has 17 nitrogen and oxygen atoms in total. The zero-order valence-corrected chi connectivity index (χ0v) is 36.4. The summed E-state index contributed by atoms with van der Waals surface area (Å²) in [5.74, 6) is -4.06. The van der Waals surface area contributed by atoms with E-state index in [9.17, 15) is 30.3 Å². The summed E-state index contributed by atoms with van der Waals surface area (Å²) < 4.78 is 47.9. The third-order valence-corrected chi connectivity index (χ3v) is 12.2. The Morgan fingerprint density at radius 1 is 0.895 bits per heavy atom. The largest absolute Gasteiger partial charge is 0.459 e. The Labute approximate surface area is 339 Å². The van der Waals surface area contributed by atoms with Gasteiger partial charge in [0.15, 0.2) is 12.6 Å². The SMILES string of the molecule is CCC1OC(=O)[C@H](C)[C@@H](O[C@H]2CC(C)(OC)[C@@H](O)C(C)O2)[C@H](C)[C@@H](O[C@@H]2OC(C)CC(N(C)C)C2O)[C@](C)(O)C[C@@H](C)/C(=N\OCOCCOC)[C@H](C)[C@@H](O)[C@@H]1O. The van der Waals surface area contributed by atoms with E-state index in [4.69, 9.17) is 42.7 Å². The minimum absolute atomic E-state index is 0.0228. The topological polar surface area (TPSA) is 217 Å². The molecule has 0 saturated carbocycles. The van der Waals surface area contributed by atoms with Gasteiger partial charge >= 0.3 is 5.97 Å². The second-order valence-corrected chi connectivity index (χ2v) is 17.1. The number of carbonyl (C=O) groups is 1. The number of hydrogen-bond donors (Lipinski definition) is 5. The molecule has 0 bridgehead atoms. The number of methoxy groups -OCH3 is 2. The first-order chi connectivity index (χ1) is 26.6. The lowest BCUT2D eigenvalue weighted by molar-refractivity contribution is -0.317. The highest BCUT2D eigenvalue weighted by molar-refractivity contribution is 5.88. The Bertz CT molecular complexity index is 1260. The van der Waals surface area contributed by atoms with Crippen LogP contribution >= 0.6 is 0 Å². The second-order valence-electron chi connectivity index (χ2n) is 17.1. The van der Waals surface area contributed by atoms with Crippen LogP contribution in [0.15, 0.2) is 5.16 Å². The van der Waals surface area contributed by atoms with Crippen LogP contribution in [0.5, 0.6) is 0 Å². The van der Waals surface area contributed by atoms with Crippen LogP contribution in [-0.4, -0.2) is 175 Å². The molecule has 17 heteroatoms. The maximum atomic E-state index is 14.2. The van der Waals surface area contributed by atoms with Crippen molar-refractivity contribution in [1.82, 2.24) is 4.90 Å². The fraction of sp³-hybridized carbons (Fsp3) is 0.950. The fourth-order valence-corrected chi connectivity index (χ4v) is 8.55. The first kappa shape index (κ1) is 49.8. The van der Waals surface area contributed by atoms with E-state index in [2.05, 4.69) is 5.16 Å². The van der Waals surface area contributed by atoms with Crippen molar-refractivity contribution in [2.75, 3.05) is 48.3 Å². The summed E-state index contributed by atoms with van der Waals surface area (Å²) in [6.45, 7) is 15.9. The summed E-state index contributed by atoms with van der Waals surface area (Å²) in [5, 5.41) is 62.7. The van der Waals surface area contributed by atoms with Gasteiger partial charge in [-0.1, -0.05) is 32.9 Å². The van der Waals surface area contributed by atoms with Gasteiger partial charge in [0, 0.05) is 44.4 Å². The summed E-state index contributed by atoms with van der Waals surface area (Å²) in [6, 6.07) is -0.325. The first-order valence-electron chi connectivity index (χ1n) is 20.4. The van der Waals surface area contributed by atoms with Gasteiger partial charge in [-0.25, -0.2) is 0 Å². The van der Waals surface area contributed by atoms with Crippen molar-refractivity contribution in [1.29, 1.82) is 0 Å². The maximum absolute atomic E-state index is 14.2. The van der Waals surface area contributed by atoms with Crippen LogP contribution < -0.4 is 0 Å². The molecule has 0 aliphatic carbocycles. The molecule has 6 unspecified atom stereocenters. The van der Waals surface area contributed by atoms with Crippen molar-refractivity contribution in [3.05, 3.63) is 0 Å². The lowest BCUT2D eigenvalue weighted by Gasteiger charge is -2.49. The third kappa shape index (κ3) is 12.5. The van der Waals surface area contributed by atoms with E-state index in [0.717, 1.165) is 0 Å². The van der Waals surface area contributed by atoms with Crippen LogP contribution in [0.1, 0.15) is 88.0 Å². The van der Waals surface area contributed by atoms with Crippen LogP contribution in [-0.2, 0) is 47.5 Å². The fourth-order valence-electron chi connectivity index (χ4n) is 8.55. The summed E-state index contributed by atoms with van der Waals surface area (Å²) >= 11 is 0. The number of hydrogen-bond acceptors (Lipinski definition) is 17. The molecule has 3 rings (SSSR count). The van der Waals surface area contributed by atoms with Crippen LogP contribution in [0, 0.1) is 23.7 Å². The number of oxime groups is 1. The summed E-state index contributed by atoms with van der Waals surface area (Å²) in [4.78, 5) is 21.6. The van der Waals surface area contributed by atoms with Gasteiger partial charge in [0.05, 0.1) is 66.6 Å². The first-order valence-corrected chi connectivity index (χ1v) is 20.4. The number of likely N-dealkylation sites (N-methyl/N-ethyl adjacent to an activating group) is 1. The van der Waals surface area contributed by atoms with Crippen LogP contribution in [0.3, 0.4) is 0 Å². The van der Waals surface area contributed by atoms with Crippen LogP contribution in [0.4, 0.5) is 0 Å². The predicted octanol–water partition coefficient (Wildman–Crippen LogP) is 1.82. The zero-order chi connectivity index (χ0) is 43.0. The smallest absolute Gasteiger partial charge is 0.311 e. The standard InChI is InChI=1S/C40H74N2O15/c1-14-28-33(45)31(43)23(4)30(41-52-20-51-16-15-49-12)21(2)18-39(8,48)36(57-38-32(44)27(42(10)11)17-22(3)53-38)24(5)34(25(6)37(47)55-28)56-29-19-40(9,50-13)35(46)26(7)54-29/h21-29,31-36,38,43-46,48H,14-20H2,1-13H3/b41-30+/t21-,22?,23+,24+,25-,26?,27?,28?,29+,31-,32?,33-,34+,35+,36-,38+,39-,40?/m1/s1. The normalized spacial score (nSPS) is 45.1. The van der Waals surface area contributed by atoms with Crippen LogP contribution in [0.25, 0.3) is 0 Å². The van der Waals surface area contributed by atoms with Gasteiger partial charge in [-0.2, -0.15) is 0 Å². The highest BCUT2D eigenvalue weighted by atomic mass is 16.7. The highest BCUT2D eigenvalue weighted by Crippen LogP contribution is 2.40. The molecule has 3 heterocycles. The number of aliphatic hydroxyl groups is 5. The van der Waals surface area contributed by atoms with Gasteiger partial charge < -0.3 is 73.2 Å². The van der Waals surface area contributed by atoms with Gasteiger partial charge in [0.25, 0.3) is 0 Å². The molecule has 334 valence electrons. The van der Waals surface area contributed by atoms with Gasteiger partial charge in [-0.15, -0.1) is 0 Å². The molecule has 57 heavy (non-hydrogen) atoms. The molecule has 0 aromatic heterocycles. The number of ether oxygens (including phenoxy) is 8. The molecule has 0 spiro atoms. The van der Waals surface area contributed by atoms with Crippen molar-refractivity contribution in [3.63, 3.8) is 0 Å². The number of aliphatic hydroxyl groups excluding tert-OH is 4. The third-order valence-electron chi connectivity index (χ3n) is 12.2. The summed E-state index contributed by atoms with van der Waals surface area (Å²) in [7, 11) is 6.76. The molecule has 3 saturated heterocycles. The molecule has 0 aromatic carbocycles. The summed E-state index contributed by atoms with van der Waals surface area (Å²) in [6.07, 6.45) is -10.8. The predicted molar refractivity (Wildman–Crippen MR) is 208 cm³/mol. The lowest BCUT2D eigenvalue weighted by atomic mass is 9.75. The van der Waals surface area contributed by atoms with Gasteiger partial charge in [-0.05, 0) is 68.0 Å². The van der Waals surface area contributed by atoms with Crippen molar-refractivity contribution >= 4 is 11.7 Å². The van der Waals surface area contributed by atoms with Crippen molar-refractivity contribution in [2.24, 2.45) is 28.8 Å². The summed E-state index contributed by atoms with van der Waals surface area (Å²) in [5.41, 5.74) is -2.50. The Morgan fingerprint density at radius 2 is 1.56 bits per heavy atom. The number of nitrogens with zero attached hydrogens (tertiary/aromatic N) is 2. The van der Waals surface area contributed by atoms with Gasteiger partial charge in [-0.3, -0.25) is 4.79 Å². The molecule has 3 aliphatic rings. The second kappa shape index (κ2) is 21.8. The van der Waals surface area contributed by atoms with Crippen LogP contribution in [0.2, 0.25) is 0 Å². The maximum Gasteiger partial charge on any atom is 0.311 e. The Balaban J connectivity index is 2.19. The molecule has 0 radical (unpaired) electrons. The van der Waals surface area contributed by atoms with Crippen molar-refractivity contribution < 1.29 is 73.1 Å². The van der Waals surface area contributed by atoms with E-state index in [1.54, 1.807) is 55.6 Å². The van der Waals surface area contributed by atoms with Gasteiger partial charge in [0.2, 0.25) is 6.79 Å². The van der Waals surface area contributed by atoms with Gasteiger partial charge in [0.1, 0.15) is 24.4 Å². The van der Waals surface area contributed by atoms with E-state index in [1.165, 1.54) is 7.11 Å². The quantitative estimate of drug-likeness (QED) is 0.0775. The van der Waals surface area contributed by atoms with E-state index < -0.39 is 102 Å². The number of cyclic esters (lactones) is 1. The lowest BCUT2D eigenvalue weighted by Crippen LogP contribution is -2.60. The monoisotopic (exact) mass is 823 g/mol. The highest BCUT2D eigenvalue weighted by Gasteiger charge is 2.52. The van der Waals surface area contributed by atoms with E-state index >= 15 is 0 Å². The minimum atomic E-state index is -1.76. The molecular weight excluding hydrogens is 748 g/mol. The molecule has 5 N–H and O–H groups in total. The average Bonchev–Trinajstić information content (AvgIpc) is 3.15. The molecule has 0 amide bonds. The molecule has 3 aliphatic heterocycles. The Kier molecular flexibility index (Phi) is 19.0. The van der Waals surface area contributed by atoms with E-state index in [0.29, 0.717) is 18.7 Å². The number of rotatable bonds is 13. The Morgan fingerprint density at radius 3 is 2.16 bits per heavy atom. The van der Waals surface area contributed by atoms with E-state index in [1.807, 2.05) is 32.8 Å². The van der Waals surface area contributed by atoms with E-state index in [-0.39, 0.29) is 44.8 Å². The number of esters is 1. The zero-order valence-electron chi connectivity index (χ0n) is 36.4. The average molecular weight is 823 g/mol. The molecule has 0 aromatic rings. The molecule has 3 fully saturated rings. The molecule has 18 atom stereocenters. The minimum Gasteiger partial charge on any atom is -0.459 e. The number of carbonyl (C=O) groups excluding carboxylic acids is 1. The van der Waals surface area contributed by atoms with Crippen molar-refractivity contribution in [3.8, 4) is 0 Å². The Hall–Kier alpha value is -1.58. The van der Waals surface area contributed by atoms with Crippen molar-refractivity contribution in [2.45, 2.75) is 173 Å². The molecular formula is C40H74N2O15.